The first-order valence-electron chi connectivity index (χ1n) is 10.5. The molecule has 3 aliphatic heterocycles. The van der Waals surface area contributed by atoms with Crippen molar-refractivity contribution in [3.05, 3.63) is 46.5 Å². The van der Waals surface area contributed by atoms with Crippen LogP contribution in [-0.2, 0) is 22.7 Å². The third-order valence-corrected chi connectivity index (χ3v) is 7.54. The SMILES string of the molecule is O=C(NCc1cccs1)[C@H]1[C@H]2C[C@H](CN(Cc3ccco3)C2)[C@@H]2CCCC(=O)N21. The van der Waals surface area contributed by atoms with Crippen molar-refractivity contribution in [2.75, 3.05) is 13.1 Å². The van der Waals surface area contributed by atoms with Gasteiger partial charge >= 0.3 is 0 Å². The van der Waals surface area contributed by atoms with Crippen LogP contribution in [-0.4, -0.2) is 46.8 Å². The molecule has 0 unspecified atom stereocenters. The van der Waals surface area contributed by atoms with Gasteiger partial charge in [-0.15, -0.1) is 11.3 Å². The highest BCUT2D eigenvalue weighted by molar-refractivity contribution is 7.09. The molecule has 0 radical (unpaired) electrons. The second kappa shape index (κ2) is 7.95. The highest BCUT2D eigenvalue weighted by Gasteiger charge is 2.51. The first-order chi connectivity index (χ1) is 14.2. The second-order valence-corrected chi connectivity index (χ2v) is 9.56. The lowest BCUT2D eigenvalue weighted by Crippen LogP contribution is -2.68. The van der Waals surface area contributed by atoms with Crippen LogP contribution in [0, 0.1) is 11.8 Å². The maximum Gasteiger partial charge on any atom is 0.243 e. The molecule has 0 aromatic carbocycles. The lowest BCUT2D eigenvalue weighted by molar-refractivity contribution is -0.160. The van der Waals surface area contributed by atoms with Crippen LogP contribution in [0.1, 0.15) is 36.3 Å². The number of hydrogen-bond acceptors (Lipinski definition) is 5. The monoisotopic (exact) mass is 413 g/mol. The number of fused-ring (bicyclic) bond motifs is 4. The number of amides is 2. The number of piperidine rings is 3. The van der Waals surface area contributed by atoms with E-state index in [0.29, 0.717) is 18.9 Å². The van der Waals surface area contributed by atoms with Crippen LogP contribution >= 0.6 is 11.3 Å². The van der Waals surface area contributed by atoms with Gasteiger partial charge in [-0.05, 0) is 48.8 Å². The van der Waals surface area contributed by atoms with E-state index in [-0.39, 0.29) is 29.8 Å². The van der Waals surface area contributed by atoms with Crippen molar-refractivity contribution < 1.29 is 14.0 Å². The normalized spacial score (nSPS) is 29.5. The second-order valence-electron chi connectivity index (χ2n) is 8.53. The first-order valence-corrected chi connectivity index (χ1v) is 11.4. The minimum absolute atomic E-state index is 0.00180. The first kappa shape index (κ1) is 18.9. The van der Waals surface area contributed by atoms with Gasteiger partial charge in [-0.25, -0.2) is 0 Å². The molecule has 2 amide bonds. The van der Waals surface area contributed by atoms with Gasteiger partial charge in [-0.1, -0.05) is 6.07 Å². The lowest BCUT2D eigenvalue weighted by atomic mass is 9.71. The van der Waals surface area contributed by atoms with Crippen molar-refractivity contribution in [2.24, 2.45) is 11.8 Å². The van der Waals surface area contributed by atoms with E-state index in [2.05, 4.69) is 10.2 Å². The summed E-state index contributed by atoms with van der Waals surface area (Å²) in [5.74, 6) is 1.73. The molecule has 6 nitrogen and oxygen atoms in total. The summed E-state index contributed by atoms with van der Waals surface area (Å²) in [6.07, 6.45) is 5.25. The topological polar surface area (TPSA) is 65.8 Å². The molecule has 2 aromatic rings. The van der Waals surface area contributed by atoms with E-state index in [1.807, 2.05) is 34.5 Å². The number of nitrogens with one attached hydrogen (secondary N) is 1. The Balaban J connectivity index is 1.36. The summed E-state index contributed by atoms with van der Waals surface area (Å²) in [6, 6.07) is 7.78. The molecule has 154 valence electrons. The van der Waals surface area contributed by atoms with Crippen LogP contribution in [0.3, 0.4) is 0 Å². The number of hydrogen-bond donors (Lipinski definition) is 1. The summed E-state index contributed by atoms with van der Waals surface area (Å²) in [4.78, 5) is 31.7. The Hall–Kier alpha value is -2.12. The lowest BCUT2D eigenvalue weighted by Gasteiger charge is -2.55. The average molecular weight is 414 g/mol. The third kappa shape index (κ3) is 3.73. The molecule has 7 heteroatoms. The molecule has 1 N–H and O–H groups in total. The molecule has 2 aromatic heterocycles. The standard InChI is InChI=1S/C22H27N3O3S/c26-20-7-1-6-19-15-10-16(13-24(12-15)14-17-4-2-8-28-17)21(25(19)20)22(27)23-11-18-5-3-9-29-18/h2-5,8-9,15-16,19,21H,1,6-7,10-14H2,(H,23,27)/t15-,16+,19+,21-/m1/s1. The van der Waals surface area contributed by atoms with Gasteiger partial charge in [0.2, 0.25) is 11.8 Å². The van der Waals surface area contributed by atoms with Crippen LogP contribution in [0.5, 0.6) is 0 Å². The van der Waals surface area contributed by atoms with Crippen molar-refractivity contribution in [3.63, 3.8) is 0 Å². The Morgan fingerprint density at radius 2 is 2.14 bits per heavy atom. The molecular weight excluding hydrogens is 386 g/mol. The fourth-order valence-electron chi connectivity index (χ4n) is 5.53. The molecule has 3 aliphatic rings. The number of carbonyl (C=O) groups is 2. The van der Waals surface area contributed by atoms with Gasteiger partial charge in [0.05, 0.1) is 19.4 Å². The molecule has 0 aliphatic carbocycles. The van der Waals surface area contributed by atoms with Crippen molar-refractivity contribution in [1.29, 1.82) is 0 Å². The summed E-state index contributed by atoms with van der Waals surface area (Å²) in [5, 5.41) is 5.13. The number of thiophene rings is 1. The van der Waals surface area contributed by atoms with Gasteiger partial charge in [0, 0.05) is 36.3 Å². The zero-order valence-corrected chi connectivity index (χ0v) is 17.3. The van der Waals surface area contributed by atoms with Gasteiger partial charge in [0.25, 0.3) is 0 Å². The maximum atomic E-state index is 13.3. The number of furan rings is 1. The Labute approximate surface area is 174 Å². The smallest absolute Gasteiger partial charge is 0.243 e. The van der Waals surface area contributed by atoms with Gasteiger partial charge < -0.3 is 14.6 Å². The Morgan fingerprint density at radius 3 is 2.93 bits per heavy atom. The van der Waals surface area contributed by atoms with E-state index in [4.69, 9.17) is 4.42 Å². The van der Waals surface area contributed by atoms with E-state index in [9.17, 15) is 9.59 Å². The quantitative estimate of drug-likeness (QED) is 0.819. The minimum Gasteiger partial charge on any atom is -0.468 e. The zero-order chi connectivity index (χ0) is 19.8. The molecule has 4 atom stereocenters. The molecular formula is C22H27N3O3S. The predicted molar refractivity (Wildman–Crippen MR) is 110 cm³/mol. The molecule has 0 saturated carbocycles. The van der Waals surface area contributed by atoms with Gasteiger partial charge in [-0.3, -0.25) is 14.5 Å². The van der Waals surface area contributed by atoms with Gasteiger partial charge in [0.15, 0.2) is 0 Å². The molecule has 29 heavy (non-hydrogen) atoms. The average Bonchev–Trinajstić information content (AvgIpc) is 3.41. The highest BCUT2D eigenvalue weighted by Crippen LogP contribution is 2.42. The fourth-order valence-corrected chi connectivity index (χ4v) is 6.18. The van der Waals surface area contributed by atoms with Gasteiger partial charge in [-0.2, -0.15) is 0 Å². The maximum absolute atomic E-state index is 13.3. The van der Waals surface area contributed by atoms with Crippen LogP contribution in [0.4, 0.5) is 0 Å². The van der Waals surface area contributed by atoms with E-state index < -0.39 is 0 Å². The number of likely N-dealkylation sites (tertiary alicyclic amines) is 1. The summed E-state index contributed by atoms with van der Waals surface area (Å²) < 4.78 is 5.55. The Morgan fingerprint density at radius 1 is 1.24 bits per heavy atom. The third-order valence-electron chi connectivity index (χ3n) is 6.66. The fraction of sp³-hybridized carbons (Fsp3) is 0.545. The van der Waals surface area contributed by atoms with Crippen LogP contribution in [0.25, 0.3) is 0 Å². The van der Waals surface area contributed by atoms with Crippen LogP contribution < -0.4 is 5.32 Å². The molecule has 2 bridgehead atoms. The van der Waals surface area contributed by atoms with E-state index in [1.54, 1.807) is 17.6 Å². The van der Waals surface area contributed by atoms with E-state index in [1.165, 1.54) is 0 Å². The number of rotatable bonds is 5. The molecule has 3 saturated heterocycles. The number of carbonyl (C=O) groups excluding carboxylic acids is 2. The van der Waals surface area contributed by atoms with E-state index in [0.717, 1.165) is 49.5 Å². The largest absolute Gasteiger partial charge is 0.468 e. The summed E-state index contributed by atoms with van der Waals surface area (Å²) in [7, 11) is 0. The summed E-state index contributed by atoms with van der Waals surface area (Å²) >= 11 is 1.64. The molecule has 0 spiro atoms. The minimum atomic E-state index is -0.358. The van der Waals surface area contributed by atoms with Crippen LogP contribution in [0.15, 0.2) is 40.3 Å². The van der Waals surface area contributed by atoms with Gasteiger partial charge in [0.1, 0.15) is 11.8 Å². The molecule has 5 rings (SSSR count). The molecule has 3 fully saturated rings. The Kier molecular flexibility index (Phi) is 5.18. The van der Waals surface area contributed by atoms with Crippen molar-refractivity contribution in [2.45, 2.75) is 50.9 Å². The number of nitrogens with zero attached hydrogens (tertiary/aromatic N) is 2. The predicted octanol–water partition coefficient (Wildman–Crippen LogP) is 2.86. The van der Waals surface area contributed by atoms with Crippen molar-refractivity contribution >= 4 is 23.2 Å². The van der Waals surface area contributed by atoms with E-state index >= 15 is 0 Å². The highest BCUT2D eigenvalue weighted by atomic mass is 32.1. The van der Waals surface area contributed by atoms with Crippen molar-refractivity contribution in [1.82, 2.24) is 15.1 Å². The van der Waals surface area contributed by atoms with Crippen molar-refractivity contribution in [3.8, 4) is 0 Å². The summed E-state index contributed by atoms with van der Waals surface area (Å²) in [6.45, 7) is 3.09. The Bertz CT molecular complexity index is 851. The zero-order valence-electron chi connectivity index (χ0n) is 16.5. The van der Waals surface area contributed by atoms with Crippen LogP contribution in [0.2, 0.25) is 0 Å². The summed E-state index contributed by atoms with van der Waals surface area (Å²) in [5.41, 5.74) is 0. The molecule has 5 heterocycles.